The molecule has 5 aliphatic carbocycles. The molecule has 0 aromatic carbocycles. The maximum Gasteiger partial charge on any atom is 0.309 e. The molecule has 4 saturated carbocycles. The fourth-order valence-corrected chi connectivity index (χ4v) is 10.9. The molecule has 1 N–H and O–H groups in total. The van der Waals surface area contributed by atoms with Gasteiger partial charge in [0.2, 0.25) is 0 Å². The quantitative estimate of drug-likeness (QED) is 0.430. The molecule has 9 unspecified atom stereocenters. The topological polar surface area (TPSA) is 71.4 Å². The summed E-state index contributed by atoms with van der Waals surface area (Å²) >= 11 is 0. The smallest absolute Gasteiger partial charge is 0.309 e. The molecule has 194 valence electrons. The number of aliphatic carboxylic acids is 1. The number of hydrogen-bond acceptors (Lipinski definition) is 3. The Labute approximate surface area is 211 Å². The van der Waals surface area contributed by atoms with Crippen LogP contribution in [0.2, 0.25) is 0 Å². The zero-order chi connectivity index (χ0) is 25.8. The van der Waals surface area contributed by atoms with Crippen LogP contribution in [0.4, 0.5) is 0 Å². The Balaban J connectivity index is 1.59. The highest BCUT2D eigenvalue weighted by Crippen LogP contribution is 2.78. The number of carbonyl (C=O) groups excluding carboxylic acids is 2. The maximum absolute atomic E-state index is 13.1. The number of hydrogen-bond donors (Lipinski definition) is 1. The minimum Gasteiger partial charge on any atom is -0.481 e. The SMILES string of the molecule is CC1=C(C)C2(C=O)CCC3C(C)(CCC4(C)C5CC(C)(C(=O)O)CCC5(C)CCC34C)C2CC1=O. The van der Waals surface area contributed by atoms with Crippen LogP contribution >= 0.6 is 0 Å². The summed E-state index contributed by atoms with van der Waals surface area (Å²) in [7, 11) is 0. The third kappa shape index (κ3) is 2.89. The molecule has 0 saturated heterocycles. The number of ketones is 1. The molecule has 5 aliphatic rings. The molecule has 0 aromatic heterocycles. The van der Waals surface area contributed by atoms with E-state index in [2.05, 4.69) is 27.7 Å². The van der Waals surface area contributed by atoms with Gasteiger partial charge in [-0.05, 0) is 124 Å². The number of rotatable bonds is 2. The Bertz CT molecular complexity index is 1030. The molecule has 4 nitrogen and oxygen atoms in total. The molecule has 0 aromatic rings. The molecular formula is C31H46O4. The van der Waals surface area contributed by atoms with Gasteiger partial charge >= 0.3 is 5.97 Å². The van der Waals surface area contributed by atoms with Gasteiger partial charge in [0.1, 0.15) is 6.29 Å². The molecule has 4 fully saturated rings. The number of carboxylic acid groups (broad SMARTS) is 1. The van der Waals surface area contributed by atoms with Gasteiger partial charge in [-0.2, -0.15) is 0 Å². The normalized spacial score (nSPS) is 53.7. The molecule has 35 heavy (non-hydrogen) atoms. The van der Waals surface area contributed by atoms with E-state index >= 15 is 0 Å². The van der Waals surface area contributed by atoms with Crippen LogP contribution in [0, 0.1) is 50.2 Å². The number of allylic oxidation sites excluding steroid dienone is 2. The minimum absolute atomic E-state index is 0.0520. The van der Waals surface area contributed by atoms with E-state index in [1.807, 2.05) is 20.8 Å². The molecule has 0 bridgehead atoms. The van der Waals surface area contributed by atoms with Crippen molar-refractivity contribution < 1.29 is 19.5 Å². The molecule has 9 atom stereocenters. The van der Waals surface area contributed by atoms with Gasteiger partial charge in [-0.15, -0.1) is 0 Å². The van der Waals surface area contributed by atoms with E-state index in [1.54, 1.807) is 0 Å². The van der Waals surface area contributed by atoms with E-state index < -0.39 is 16.8 Å². The predicted octanol–water partition coefficient (Wildman–Crippen LogP) is 7.01. The van der Waals surface area contributed by atoms with Gasteiger partial charge in [0.15, 0.2) is 5.78 Å². The number of carbonyl (C=O) groups is 3. The number of aldehydes is 1. The van der Waals surface area contributed by atoms with Gasteiger partial charge in [-0.1, -0.05) is 33.3 Å². The summed E-state index contributed by atoms with van der Waals surface area (Å²) in [6.07, 6.45) is 10.6. The Kier molecular flexibility index (Phi) is 5.27. The van der Waals surface area contributed by atoms with Gasteiger partial charge in [-0.3, -0.25) is 9.59 Å². The van der Waals surface area contributed by atoms with Crippen LogP contribution in [0.15, 0.2) is 11.1 Å². The van der Waals surface area contributed by atoms with Crippen molar-refractivity contribution in [2.75, 3.05) is 0 Å². The standard InChI is InChI=1S/C31H46O4/c1-19-20(2)31(18-32)9-8-22-28(5,23(31)16-21(19)33)13-15-30(7)24-17-27(4,25(34)35)11-10-26(24,3)12-14-29(22,30)6/h18,22-24H,8-17H2,1-7H3,(H,34,35). The van der Waals surface area contributed by atoms with Crippen molar-refractivity contribution in [1.82, 2.24) is 0 Å². The first-order valence-corrected chi connectivity index (χ1v) is 14.0. The summed E-state index contributed by atoms with van der Waals surface area (Å²) in [5.41, 5.74) is 1.01. The van der Waals surface area contributed by atoms with Gasteiger partial charge in [0.05, 0.1) is 10.8 Å². The van der Waals surface area contributed by atoms with Crippen LogP contribution in [-0.4, -0.2) is 23.1 Å². The molecular weight excluding hydrogens is 436 g/mol. The summed E-state index contributed by atoms with van der Waals surface area (Å²) in [4.78, 5) is 38.2. The fraction of sp³-hybridized carbons (Fsp3) is 0.839. The summed E-state index contributed by atoms with van der Waals surface area (Å²) in [6, 6.07) is 0. The highest BCUT2D eigenvalue weighted by atomic mass is 16.4. The number of carboxylic acids is 1. The van der Waals surface area contributed by atoms with Crippen molar-refractivity contribution in [1.29, 1.82) is 0 Å². The van der Waals surface area contributed by atoms with Crippen LogP contribution in [0.5, 0.6) is 0 Å². The fourth-order valence-electron chi connectivity index (χ4n) is 10.9. The summed E-state index contributed by atoms with van der Waals surface area (Å²) in [5.74, 6) is 0.512. The highest BCUT2D eigenvalue weighted by molar-refractivity contribution is 5.98. The van der Waals surface area contributed by atoms with Gasteiger partial charge < -0.3 is 9.90 Å². The Morgan fingerprint density at radius 1 is 0.857 bits per heavy atom. The van der Waals surface area contributed by atoms with E-state index in [9.17, 15) is 19.5 Å². The minimum atomic E-state index is -0.638. The lowest BCUT2D eigenvalue weighted by atomic mass is 9.30. The monoisotopic (exact) mass is 482 g/mol. The lowest BCUT2D eigenvalue weighted by Gasteiger charge is -2.74. The first-order chi connectivity index (χ1) is 16.1. The van der Waals surface area contributed by atoms with E-state index in [4.69, 9.17) is 0 Å². The molecule has 0 spiro atoms. The highest BCUT2D eigenvalue weighted by Gasteiger charge is 2.71. The van der Waals surface area contributed by atoms with E-state index in [-0.39, 0.29) is 33.4 Å². The number of fused-ring (bicyclic) bond motifs is 7. The van der Waals surface area contributed by atoms with Crippen molar-refractivity contribution in [2.45, 2.75) is 113 Å². The van der Waals surface area contributed by atoms with Crippen LogP contribution in [-0.2, 0) is 14.4 Å². The van der Waals surface area contributed by atoms with Crippen molar-refractivity contribution in [3.05, 3.63) is 11.1 Å². The summed E-state index contributed by atoms with van der Waals surface area (Å²) in [5, 5.41) is 10.1. The first kappa shape index (κ1) is 25.2. The van der Waals surface area contributed by atoms with Crippen LogP contribution in [0.1, 0.15) is 113 Å². The molecule has 0 radical (unpaired) electrons. The van der Waals surface area contributed by atoms with Gasteiger partial charge in [-0.25, -0.2) is 0 Å². The van der Waals surface area contributed by atoms with Crippen molar-refractivity contribution in [2.24, 2.45) is 50.2 Å². The largest absolute Gasteiger partial charge is 0.481 e. The first-order valence-electron chi connectivity index (χ1n) is 14.0. The average molecular weight is 483 g/mol. The van der Waals surface area contributed by atoms with Gasteiger partial charge in [0, 0.05) is 6.42 Å². The second-order valence-electron chi connectivity index (χ2n) is 14.8. The predicted molar refractivity (Wildman–Crippen MR) is 137 cm³/mol. The Hall–Kier alpha value is -1.45. The summed E-state index contributed by atoms with van der Waals surface area (Å²) < 4.78 is 0. The Morgan fingerprint density at radius 3 is 2.09 bits per heavy atom. The molecule has 5 rings (SSSR count). The second-order valence-corrected chi connectivity index (χ2v) is 14.8. The molecule has 0 heterocycles. The van der Waals surface area contributed by atoms with E-state index in [0.29, 0.717) is 18.3 Å². The summed E-state index contributed by atoms with van der Waals surface area (Å²) in [6.45, 7) is 15.8. The lowest BCUT2D eigenvalue weighted by Crippen LogP contribution is -2.67. The zero-order valence-corrected chi connectivity index (χ0v) is 23.1. The number of Topliss-reactive ketones (excluding diaryl/α,β-unsaturated/α-hetero) is 1. The second kappa shape index (κ2) is 7.32. The van der Waals surface area contributed by atoms with Crippen molar-refractivity contribution in [3.8, 4) is 0 Å². The third-order valence-electron chi connectivity index (χ3n) is 13.8. The van der Waals surface area contributed by atoms with Crippen LogP contribution in [0.25, 0.3) is 0 Å². The lowest BCUT2D eigenvalue weighted by molar-refractivity contribution is -0.247. The average Bonchev–Trinajstić information content (AvgIpc) is 2.81. The van der Waals surface area contributed by atoms with Crippen molar-refractivity contribution in [3.63, 3.8) is 0 Å². The molecule has 4 heteroatoms. The van der Waals surface area contributed by atoms with Crippen molar-refractivity contribution >= 4 is 18.0 Å². The van der Waals surface area contributed by atoms with E-state index in [1.165, 1.54) is 12.7 Å². The third-order valence-corrected chi connectivity index (χ3v) is 13.8. The molecule has 0 aliphatic heterocycles. The van der Waals surface area contributed by atoms with Gasteiger partial charge in [0.25, 0.3) is 0 Å². The van der Waals surface area contributed by atoms with Crippen LogP contribution in [0.3, 0.4) is 0 Å². The molecule has 0 amide bonds. The zero-order valence-electron chi connectivity index (χ0n) is 23.1. The van der Waals surface area contributed by atoms with Crippen LogP contribution < -0.4 is 0 Å². The van der Waals surface area contributed by atoms with E-state index in [0.717, 1.165) is 62.5 Å². The maximum atomic E-state index is 13.1. The Morgan fingerprint density at radius 2 is 1.46 bits per heavy atom.